The van der Waals surface area contributed by atoms with Gasteiger partial charge in [0.05, 0.1) is 25.7 Å². The van der Waals surface area contributed by atoms with Gasteiger partial charge in [0.15, 0.2) is 0 Å². The van der Waals surface area contributed by atoms with Crippen LogP contribution in [0.5, 0.6) is 5.75 Å². The topological polar surface area (TPSA) is 32.0 Å². The third-order valence-electron chi connectivity index (χ3n) is 3.45. The van der Waals surface area contributed by atoms with Crippen LogP contribution in [0.15, 0.2) is 43.0 Å². The minimum Gasteiger partial charge on any atom is -0.497 e. The maximum atomic E-state index is 5.25. The minimum atomic E-state index is 0.837. The molecule has 2 aromatic heterocycles. The summed E-state index contributed by atoms with van der Waals surface area (Å²) in [7, 11) is 1.69. The van der Waals surface area contributed by atoms with E-state index in [4.69, 9.17) is 4.74 Å². The van der Waals surface area contributed by atoms with Crippen molar-refractivity contribution in [1.29, 1.82) is 0 Å². The maximum absolute atomic E-state index is 5.25. The summed E-state index contributed by atoms with van der Waals surface area (Å²) in [6.07, 6.45) is 5.92. The standard InChI is InChI=1S/C15H17N3O/c1-3-17-11-16-9-13(17)10-18-7-6-12-8-14(19-2)4-5-15(12)18/h4-9,11H,3,10H2,1-2H3. The molecule has 0 unspecified atom stereocenters. The number of aromatic nitrogens is 3. The van der Waals surface area contributed by atoms with E-state index in [2.05, 4.69) is 45.4 Å². The average Bonchev–Trinajstić information content (AvgIpc) is 3.05. The van der Waals surface area contributed by atoms with Gasteiger partial charge in [0.1, 0.15) is 5.75 Å². The molecule has 0 aliphatic heterocycles. The predicted octanol–water partition coefficient (Wildman–Crippen LogP) is 2.91. The number of aryl methyl sites for hydroxylation is 1. The average molecular weight is 255 g/mol. The van der Waals surface area contributed by atoms with E-state index in [-0.39, 0.29) is 0 Å². The zero-order chi connectivity index (χ0) is 13.2. The summed E-state index contributed by atoms with van der Waals surface area (Å²) in [5.41, 5.74) is 2.43. The number of imidazole rings is 1. The highest BCUT2D eigenvalue weighted by Crippen LogP contribution is 2.22. The number of benzene rings is 1. The molecule has 4 nitrogen and oxygen atoms in total. The first-order valence-corrected chi connectivity index (χ1v) is 6.43. The maximum Gasteiger partial charge on any atom is 0.119 e. The van der Waals surface area contributed by atoms with Crippen LogP contribution in [-0.2, 0) is 13.1 Å². The Bertz CT molecular complexity index is 696. The van der Waals surface area contributed by atoms with Crippen molar-refractivity contribution in [3.8, 4) is 5.75 Å². The van der Waals surface area contributed by atoms with Crippen LogP contribution in [0.2, 0.25) is 0 Å². The second kappa shape index (κ2) is 4.80. The second-order valence-electron chi connectivity index (χ2n) is 4.54. The van der Waals surface area contributed by atoms with Gasteiger partial charge in [0.2, 0.25) is 0 Å². The Morgan fingerprint density at radius 3 is 2.89 bits per heavy atom. The van der Waals surface area contributed by atoms with Crippen LogP contribution in [0.3, 0.4) is 0 Å². The highest BCUT2D eigenvalue weighted by Gasteiger charge is 2.06. The van der Waals surface area contributed by atoms with Gasteiger partial charge in [-0.05, 0) is 31.2 Å². The summed E-state index contributed by atoms with van der Waals surface area (Å²) >= 11 is 0. The Morgan fingerprint density at radius 2 is 2.11 bits per heavy atom. The first-order valence-electron chi connectivity index (χ1n) is 6.43. The lowest BCUT2D eigenvalue weighted by Crippen LogP contribution is -2.04. The Kier molecular flexibility index (Phi) is 2.99. The molecule has 0 atom stereocenters. The van der Waals surface area contributed by atoms with Crippen molar-refractivity contribution in [2.45, 2.75) is 20.0 Å². The molecule has 3 rings (SSSR count). The first-order chi connectivity index (χ1) is 9.31. The normalized spacial score (nSPS) is 11.1. The molecule has 4 heteroatoms. The lowest BCUT2D eigenvalue weighted by molar-refractivity contribution is 0.415. The first kappa shape index (κ1) is 11.8. The van der Waals surface area contributed by atoms with Crippen LogP contribution in [-0.4, -0.2) is 21.2 Å². The fraction of sp³-hybridized carbons (Fsp3) is 0.267. The van der Waals surface area contributed by atoms with E-state index >= 15 is 0 Å². The molecule has 1 aromatic carbocycles. The highest BCUT2D eigenvalue weighted by atomic mass is 16.5. The fourth-order valence-corrected chi connectivity index (χ4v) is 2.38. The zero-order valence-corrected chi connectivity index (χ0v) is 11.2. The molecule has 0 bridgehead atoms. The molecular formula is C15H17N3O. The molecule has 98 valence electrons. The lowest BCUT2D eigenvalue weighted by Gasteiger charge is -2.08. The number of hydrogen-bond acceptors (Lipinski definition) is 2. The fourth-order valence-electron chi connectivity index (χ4n) is 2.38. The van der Waals surface area contributed by atoms with Crippen LogP contribution in [0, 0.1) is 0 Å². The Hall–Kier alpha value is -2.23. The van der Waals surface area contributed by atoms with Crippen molar-refractivity contribution in [2.24, 2.45) is 0 Å². The summed E-state index contributed by atoms with van der Waals surface area (Å²) in [6.45, 7) is 3.91. The van der Waals surface area contributed by atoms with Crippen molar-refractivity contribution in [1.82, 2.24) is 14.1 Å². The van der Waals surface area contributed by atoms with Gasteiger partial charge < -0.3 is 13.9 Å². The number of hydrogen-bond donors (Lipinski definition) is 0. The van der Waals surface area contributed by atoms with Crippen LogP contribution in [0.4, 0.5) is 0 Å². The molecule has 0 amide bonds. The Labute approximate surface area is 112 Å². The van der Waals surface area contributed by atoms with Gasteiger partial charge in [0.25, 0.3) is 0 Å². The Balaban J connectivity index is 1.97. The van der Waals surface area contributed by atoms with Gasteiger partial charge in [-0.15, -0.1) is 0 Å². The molecule has 0 fully saturated rings. The van der Waals surface area contributed by atoms with Gasteiger partial charge in [-0.2, -0.15) is 0 Å². The smallest absolute Gasteiger partial charge is 0.119 e. The summed E-state index contributed by atoms with van der Waals surface area (Å²) in [4.78, 5) is 4.21. The summed E-state index contributed by atoms with van der Waals surface area (Å²) in [6, 6.07) is 8.27. The molecular weight excluding hydrogens is 238 g/mol. The van der Waals surface area contributed by atoms with Gasteiger partial charge in [0, 0.05) is 29.8 Å². The van der Waals surface area contributed by atoms with Crippen LogP contribution < -0.4 is 4.74 Å². The van der Waals surface area contributed by atoms with Gasteiger partial charge in [-0.1, -0.05) is 0 Å². The monoisotopic (exact) mass is 255 g/mol. The minimum absolute atomic E-state index is 0.837. The summed E-state index contributed by atoms with van der Waals surface area (Å²) < 4.78 is 9.65. The van der Waals surface area contributed by atoms with Crippen LogP contribution in [0.25, 0.3) is 10.9 Å². The quantitative estimate of drug-likeness (QED) is 0.718. The van der Waals surface area contributed by atoms with Crippen molar-refractivity contribution in [2.75, 3.05) is 7.11 Å². The molecule has 0 radical (unpaired) electrons. The molecule has 0 N–H and O–H groups in total. The number of methoxy groups -OCH3 is 1. The second-order valence-corrected chi connectivity index (χ2v) is 4.54. The molecule has 19 heavy (non-hydrogen) atoms. The molecule has 0 saturated carbocycles. The predicted molar refractivity (Wildman–Crippen MR) is 75.5 cm³/mol. The third-order valence-corrected chi connectivity index (χ3v) is 3.45. The number of rotatable bonds is 4. The van der Waals surface area contributed by atoms with Crippen LogP contribution in [0.1, 0.15) is 12.6 Å². The molecule has 0 aliphatic carbocycles. The van der Waals surface area contributed by atoms with Crippen molar-refractivity contribution in [3.05, 3.63) is 48.7 Å². The van der Waals surface area contributed by atoms with E-state index in [0.717, 1.165) is 18.8 Å². The van der Waals surface area contributed by atoms with Gasteiger partial charge in [-0.25, -0.2) is 4.98 Å². The molecule has 0 aliphatic rings. The number of ether oxygens (including phenoxy) is 1. The van der Waals surface area contributed by atoms with Gasteiger partial charge >= 0.3 is 0 Å². The molecule has 2 heterocycles. The highest BCUT2D eigenvalue weighted by molar-refractivity contribution is 5.81. The van der Waals surface area contributed by atoms with Crippen LogP contribution >= 0.6 is 0 Å². The summed E-state index contributed by atoms with van der Waals surface area (Å²) in [5, 5.41) is 1.20. The SMILES string of the molecule is CCn1cncc1Cn1ccc2cc(OC)ccc21. The number of nitrogens with zero attached hydrogens (tertiary/aromatic N) is 3. The van der Waals surface area contributed by atoms with E-state index in [1.165, 1.54) is 16.6 Å². The summed E-state index contributed by atoms with van der Waals surface area (Å²) in [5.74, 6) is 0.892. The number of fused-ring (bicyclic) bond motifs is 1. The zero-order valence-electron chi connectivity index (χ0n) is 11.2. The molecule has 0 spiro atoms. The van der Waals surface area contributed by atoms with E-state index in [1.54, 1.807) is 7.11 Å². The van der Waals surface area contributed by atoms with E-state index in [9.17, 15) is 0 Å². The van der Waals surface area contributed by atoms with Gasteiger partial charge in [-0.3, -0.25) is 0 Å². The lowest BCUT2D eigenvalue weighted by atomic mass is 10.2. The van der Waals surface area contributed by atoms with E-state index in [1.807, 2.05) is 18.6 Å². The van der Waals surface area contributed by atoms with Crippen molar-refractivity contribution in [3.63, 3.8) is 0 Å². The largest absolute Gasteiger partial charge is 0.497 e. The Morgan fingerprint density at radius 1 is 1.21 bits per heavy atom. The van der Waals surface area contributed by atoms with E-state index in [0.29, 0.717) is 0 Å². The molecule has 3 aromatic rings. The molecule has 0 saturated heterocycles. The van der Waals surface area contributed by atoms with Crippen molar-refractivity contribution < 1.29 is 4.74 Å². The van der Waals surface area contributed by atoms with E-state index < -0.39 is 0 Å². The third kappa shape index (κ3) is 2.10. The van der Waals surface area contributed by atoms with Crippen molar-refractivity contribution >= 4 is 10.9 Å².